The Morgan fingerprint density at radius 3 is 1.14 bits per heavy atom. The van der Waals surface area contributed by atoms with Gasteiger partial charge in [-0.15, -0.1) is 0 Å². The lowest BCUT2D eigenvalue weighted by Crippen LogP contribution is -2.03. The smallest absolute Gasteiger partial charge is 0.314 e. The van der Waals surface area contributed by atoms with Crippen molar-refractivity contribution in [3.8, 4) is 0 Å². The van der Waals surface area contributed by atoms with Crippen LogP contribution in [0, 0.1) is 0 Å². The molecule has 4 nitrogen and oxygen atoms in total. The molecule has 0 bridgehead atoms. The van der Waals surface area contributed by atoms with E-state index in [1.54, 1.807) is 0 Å². The molecular formula is C17H14O4. The van der Waals surface area contributed by atoms with Crippen LogP contribution in [-0.4, -0.2) is 22.2 Å². The molecule has 0 saturated carbocycles. The Hall–Kier alpha value is -2.88. The Bertz CT molecular complexity index is 676. The average Bonchev–Trinajstić information content (AvgIpc) is 2.44. The highest BCUT2D eigenvalue weighted by molar-refractivity contribution is 5.98. The van der Waals surface area contributed by atoms with Gasteiger partial charge in [-0.1, -0.05) is 48.5 Å². The van der Waals surface area contributed by atoms with Gasteiger partial charge in [0.25, 0.3) is 0 Å². The van der Waals surface area contributed by atoms with Gasteiger partial charge in [-0.2, -0.15) is 0 Å². The minimum absolute atomic E-state index is 0.806. The molecule has 106 valence electrons. The van der Waals surface area contributed by atoms with E-state index in [1.807, 2.05) is 0 Å². The molecule has 2 N–H and O–H groups in total. The summed E-state index contributed by atoms with van der Waals surface area (Å²) in [6.45, 7) is 0. The van der Waals surface area contributed by atoms with Gasteiger partial charge >= 0.3 is 11.9 Å². The topological polar surface area (TPSA) is 74.6 Å². The monoisotopic (exact) mass is 282 g/mol. The summed E-state index contributed by atoms with van der Waals surface area (Å²) in [6.07, 6.45) is -0.806. The van der Waals surface area contributed by atoms with Gasteiger partial charge in [-0.3, -0.25) is 9.59 Å². The molecule has 0 aliphatic rings. The Balaban J connectivity index is 0.000000199. The van der Waals surface area contributed by atoms with E-state index in [2.05, 4.69) is 60.7 Å². The third kappa shape index (κ3) is 4.04. The molecule has 4 heteroatoms. The minimum Gasteiger partial charge on any atom is -0.481 e. The molecule has 0 unspecified atom stereocenters. The van der Waals surface area contributed by atoms with E-state index < -0.39 is 18.4 Å². The molecule has 0 amide bonds. The van der Waals surface area contributed by atoms with Gasteiger partial charge in [0.15, 0.2) is 0 Å². The van der Waals surface area contributed by atoms with E-state index in [1.165, 1.54) is 21.5 Å². The van der Waals surface area contributed by atoms with Crippen molar-refractivity contribution in [1.29, 1.82) is 0 Å². The van der Waals surface area contributed by atoms with Crippen molar-refractivity contribution >= 4 is 33.5 Å². The Labute approximate surface area is 121 Å². The summed E-state index contributed by atoms with van der Waals surface area (Å²) in [5.74, 6) is -2.62. The second-order valence-corrected chi connectivity index (χ2v) is 4.51. The molecule has 21 heavy (non-hydrogen) atoms. The van der Waals surface area contributed by atoms with Crippen LogP contribution in [0.4, 0.5) is 0 Å². The number of hydrogen-bond donors (Lipinski definition) is 2. The first-order chi connectivity index (χ1) is 10.1. The Morgan fingerprint density at radius 1 is 0.667 bits per heavy atom. The highest BCUT2D eigenvalue weighted by Crippen LogP contribution is 2.21. The van der Waals surface area contributed by atoms with E-state index in [0.29, 0.717) is 0 Å². The highest BCUT2D eigenvalue weighted by Gasteiger charge is 2.01. The first kappa shape index (κ1) is 14.5. The zero-order valence-electron chi connectivity index (χ0n) is 11.2. The second kappa shape index (κ2) is 6.52. The fraction of sp³-hybridized carbons (Fsp3) is 0.0588. The van der Waals surface area contributed by atoms with E-state index in [9.17, 15) is 9.59 Å². The second-order valence-electron chi connectivity index (χ2n) is 4.51. The number of aliphatic carboxylic acids is 2. The highest BCUT2D eigenvalue weighted by atomic mass is 16.4. The molecule has 0 aliphatic carbocycles. The number of hydrogen-bond acceptors (Lipinski definition) is 2. The number of rotatable bonds is 2. The number of carboxylic acids is 2. The number of carboxylic acid groups (broad SMARTS) is 2. The SMILES string of the molecule is O=C(O)CC(=O)O.c1ccc2cc3ccccc3cc2c1. The van der Waals surface area contributed by atoms with Crippen LogP contribution in [-0.2, 0) is 9.59 Å². The lowest BCUT2D eigenvalue weighted by atomic mass is 10.0. The molecule has 3 aromatic rings. The van der Waals surface area contributed by atoms with Crippen LogP contribution in [0.3, 0.4) is 0 Å². The lowest BCUT2D eigenvalue weighted by Gasteiger charge is -2.00. The first-order valence-corrected chi connectivity index (χ1v) is 6.37. The van der Waals surface area contributed by atoms with E-state index >= 15 is 0 Å². The van der Waals surface area contributed by atoms with Crippen LogP contribution in [0.1, 0.15) is 6.42 Å². The predicted octanol–water partition coefficient (Wildman–Crippen LogP) is 3.54. The molecule has 0 atom stereocenters. The quantitative estimate of drug-likeness (QED) is 0.557. The van der Waals surface area contributed by atoms with Crippen molar-refractivity contribution in [3.05, 3.63) is 60.7 Å². The predicted molar refractivity (Wildman–Crippen MR) is 81.3 cm³/mol. The average molecular weight is 282 g/mol. The molecule has 3 aromatic carbocycles. The lowest BCUT2D eigenvalue weighted by molar-refractivity contribution is -0.147. The fourth-order valence-corrected chi connectivity index (χ4v) is 2.01. The van der Waals surface area contributed by atoms with Crippen molar-refractivity contribution in [2.45, 2.75) is 6.42 Å². The summed E-state index contributed by atoms with van der Waals surface area (Å²) in [5, 5.41) is 20.7. The summed E-state index contributed by atoms with van der Waals surface area (Å²) in [4.78, 5) is 18.9. The summed E-state index contributed by atoms with van der Waals surface area (Å²) in [6, 6.07) is 21.4. The van der Waals surface area contributed by atoms with Gasteiger partial charge in [0.2, 0.25) is 0 Å². The molecule has 0 aliphatic heterocycles. The summed E-state index contributed by atoms with van der Waals surface area (Å²) < 4.78 is 0. The molecule has 0 heterocycles. The zero-order chi connectivity index (χ0) is 15.2. The molecule has 0 saturated heterocycles. The Morgan fingerprint density at radius 2 is 0.952 bits per heavy atom. The zero-order valence-corrected chi connectivity index (χ0v) is 11.2. The fourth-order valence-electron chi connectivity index (χ4n) is 2.01. The normalized spacial score (nSPS) is 9.90. The standard InChI is InChI=1S/C14H10.C3H4O4/c1-2-6-12-10-14-8-4-3-7-13(14)9-11(12)5-1;4-2(5)1-3(6)7/h1-10H;1H2,(H,4,5)(H,6,7). The van der Waals surface area contributed by atoms with Crippen LogP contribution in [0.5, 0.6) is 0 Å². The number of fused-ring (bicyclic) bond motifs is 2. The van der Waals surface area contributed by atoms with Crippen LogP contribution >= 0.6 is 0 Å². The van der Waals surface area contributed by atoms with Crippen LogP contribution in [0.2, 0.25) is 0 Å². The maximum Gasteiger partial charge on any atom is 0.314 e. The van der Waals surface area contributed by atoms with Gasteiger partial charge in [0.1, 0.15) is 6.42 Å². The third-order valence-corrected chi connectivity index (χ3v) is 2.92. The third-order valence-electron chi connectivity index (χ3n) is 2.92. The summed E-state index contributed by atoms with van der Waals surface area (Å²) in [5.41, 5.74) is 0. The van der Waals surface area contributed by atoms with Gasteiger partial charge in [-0.05, 0) is 33.7 Å². The minimum atomic E-state index is -1.31. The van der Waals surface area contributed by atoms with Crippen LogP contribution in [0.25, 0.3) is 21.5 Å². The number of carbonyl (C=O) groups is 2. The molecule has 0 fully saturated rings. The van der Waals surface area contributed by atoms with Gasteiger partial charge in [0, 0.05) is 0 Å². The Kier molecular flexibility index (Phi) is 4.51. The van der Waals surface area contributed by atoms with Crippen LogP contribution < -0.4 is 0 Å². The summed E-state index contributed by atoms with van der Waals surface area (Å²) >= 11 is 0. The van der Waals surface area contributed by atoms with Crippen molar-refractivity contribution in [2.75, 3.05) is 0 Å². The van der Waals surface area contributed by atoms with Crippen molar-refractivity contribution in [2.24, 2.45) is 0 Å². The van der Waals surface area contributed by atoms with E-state index in [4.69, 9.17) is 10.2 Å². The van der Waals surface area contributed by atoms with E-state index in [0.717, 1.165) is 0 Å². The largest absolute Gasteiger partial charge is 0.481 e. The maximum absolute atomic E-state index is 9.43. The molecule has 0 radical (unpaired) electrons. The van der Waals surface area contributed by atoms with E-state index in [-0.39, 0.29) is 0 Å². The molecule has 0 spiro atoms. The maximum atomic E-state index is 9.43. The van der Waals surface area contributed by atoms with Crippen molar-refractivity contribution in [3.63, 3.8) is 0 Å². The molecule has 0 aromatic heterocycles. The number of benzene rings is 3. The summed E-state index contributed by atoms with van der Waals surface area (Å²) in [7, 11) is 0. The van der Waals surface area contributed by atoms with Crippen molar-refractivity contribution < 1.29 is 19.8 Å². The van der Waals surface area contributed by atoms with Gasteiger partial charge in [-0.25, -0.2) is 0 Å². The van der Waals surface area contributed by atoms with Gasteiger partial charge in [0.05, 0.1) is 0 Å². The molecular weight excluding hydrogens is 268 g/mol. The van der Waals surface area contributed by atoms with Crippen molar-refractivity contribution in [1.82, 2.24) is 0 Å². The first-order valence-electron chi connectivity index (χ1n) is 6.37. The van der Waals surface area contributed by atoms with Gasteiger partial charge < -0.3 is 10.2 Å². The molecule has 3 rings (SSSR count). The van der Waals surface area contributed by atoms with Crippen LogP contribution in [0.15, 0.2) is 60.7 Å².